The van der Waals surface area contributed by atoms with Crippen LogP contribution in [0.2, 0.25) is 0 Å². The number of hydrogen-bond donors (Lipinski definition) is 2. The minimum Gasteiger partial charge on any atom is -0.478 e. The van der Waals surface area contributed by atoms with Crippen LogP contribution in [0.1, 0.15) is 58.3 Å². The van der Waals surface area contributed by atoms with Crippen LogP contribution in [-0.2, 0) is 22.6 Å². The van der Waals surface area contributed by atoms with Crippen molar-refractivity contribution in [3.05, 3.63) is 94.8 Å². The zero-order valence-corrected chi connectivity index (χ0v) is 22.6. The Morgan fingerprint density at radius 2 is 1.77 bits per heavy atom. The van der Waals surface area contributed by atoms with Gasteiger partial charge in [0.1, 0.15) is 0 Å². The molecule has 8 heteroatoms. The summed E-state index contributed by atoms with van der Waals surface area (Å²) in [6.45, 7) is 5.29. The number of hydrogen-bond acceptors (Lipinski definition) is 5. The van der Waals surface area contributed by atoms with E-state index in [0.29, 0.717) is 30.8 Å². The number of aromatic nitrogens is 1. The van der Waals surface area contributed by atoms with Gasteiger partial charge >= 0.3 is 12.0 Å². The van der Waals surface area contributed by atoms with E-state index in [-0.39, 0.29) is 24.8 Å². The van der Waals surface area contributed by atoms with Gasteiger partial charge in [0.2, 0.25) is 0 Å². The Balaban J connectivity index is 1.31. The number of carboxylic acid groups (broad SMARTS) is 1. The van der Waals surface area contributed by atoms with Crippen LogP contribution >= 0.6 is 0 Å². The molecule has 3 aromatic rings. The van der Waals surface area contributed by atoms with E-state index in [1.165, 1.54) is 0 Å². The summed E-state index contributed by atoms with van der Waals surface area (Å²) in [7, 11) is 0. The monoisotopic (exact) mass is 531 g/mol. The van der Waals surface area contributed by atoms with E-state index in [1.807, 2.05) is 55.5 Å². The Labute approximate surface area is 230 Å². The fourth-order valence-electron chi connectivity index (χ4n) is 4.97. The average molecular weight is 532 g/mol. The van der Waals surface area contributed by atoms with E-state index in [4.69, 9.17) is 9.47 Å². The van der Waals surface area contributed by atoms with Gasteiger partial charge in [-0.2, -0.15) is 0 Å². The summed E-state index contributed by atoms with van der Waals surface area (Å²) in [6, 6.07) is 16.8. The summed E-state index contributed by atoms with van der Waals surface area (Å²) in [5.74, 6) is -0.932. The number of anilines is 1. The van der Waals surface area contributed by atoms with Gasteiger partial charge in [-0.1, -0.05) is 42.5 Å². The van der Waals surface area contributed by atoms with Crippen molar-refractivity contribution in [1.29, 1.82) is 0 Å². The molecule has 2 aromatic carbocycles. The SMILES string of the molecule is Cc1ccccc1NC(=O)N(CCOC1CCCC(OCc2cccc(C)c2C(=O)O)C1)Cc1cccnc1. The van der Waals surface area contributed by atoms with Crippen LogP contribution in [0.25, 0.3) is 0 Å². The highest BCUT2D eigenvalue weighted by molar-refractivity contribution is 5.91. The molecule has 0 bridgehead atoms. The van der Waals surface area contributed by atoms with Gasteiger partial charge in [-0.15, -0.1) is 0 Å². The number of aryl methyl sites for hydroxylation is 2. The summed E-state index contributed by atoms with van der Waals surface area (Å²) in [5.41, 5.74) is 4.47. The second-order valence-corrected chi connectivity index (χ2v) is 10.0. The zero-order chi connectivity index (χ0) is 27.6. The highest BCUT2D eigenvalue weighted by atomic mass is 16.5. The molecular weight excluding hydrogens is 494 g/mol. The van der Waals surface area contributed by atoms with E-state index in [0.717, 1.165) is 48.1 Å². The summed E-state index contributed by atoms with van der Waals surface area (Å²) in [5, 5.41) is 12.6. The van der Waals surface area contributed by atoms with E-state index in [9.17, 15) is 14.7 Å². The predicted molar refractivity (Wildman–Crippen MR) is 150 cm³/mol. The number of aromatic carboxylic acids is 1. The van der Waals surface area contributed by atoms with Crippen LogP contribution in [0.4, 0.5) is 10.5 Å². The first-order valence-electron chi connectivity index (χ1n) is 13.5. The molecule has 1 aliphatic rings. The largest absolute Gasteiger partial charge is 0.478 e. The van der Waals surface area contributed by atoms with Gasteiger partial charge in [0.25, 0.3) is 0 Å². The van der Waals surface area contributed by atoms with Crippen LogP contribution in [0.5, 0.6) is 0 Å². The van der Waals surface area contributed by atoms with Crippen molar-refractivity contribution in [3.8, 4) is 0 Å². The molecule has 1 heterocycles. The fraction of sp³-hybridized carbons (Fsp3) is 0.387. The Morgan fingerprint density at radius 3 is 2.51 bits per heavy atom. The second-order valence-electron chi connectivity index (χ2n) is 10.0. The third kappa shape index (κ3) is 8.12. The zero-order valence-electron chi connectivity index (χ0n) is 22.6. The lowest BCUT2D eigenvalue weighted by molar-refractivity contribution is -0.0524. The molecule has 39 heavy (non-hydrogen) atoms. The number of carbonyl (C=O) groups excluding carboxylic acids is 1. The van der Waals surface area contributed by atoms with Gasteiger partial charge < -0.3 is 24.8 Å². The third-order valence-electron chi connectivity index (χ3n) is 7.11. The molecule has 1 aliphatic carbocycles. The number of rotatable bonds is 11. The summed E-state index contributed by atoms with van der Waals surface area (Å²) in [4.78, 5) is 30.8. The first-order chi connectivity index (χ1) is 18.9. The lowest BCUT2D eigenvalue weighted by Gasteiger charge is -2.30. The topological polar surface area (TPSA) is 101 Å². The molecule has 1 aromatic heterocycles. The van der Waals surface area contributed by atoms with Crippen LogP contribution in [0, 0.1) is 13.8 Å². The number of nitrogens with zero attached hydrogens (tertiary/aromatic N) is 2. The maximum absolute atomic E-state index is 13.2. The van der Waals surface area contributed by atoms with Crippen LogP contribution in [0.3, 0.4) is 0 Å². The molecule has 2 amide bonds. The Morgan fingerprint density at radius 1 is 1.00 bits per heavy atom. The minimum atomic E-state index is -0.932. The lowest BCUT2D eigenvalue weighted by Crippen LogP contribution is -2.38. The van der Waals surface area contributed by atoms with Crippen molar-refractivity contribution < 1.29 is 24.2 Å². The standard InChI is InChI=1S/C31H37N3O5/c1-22-8-3-4-14-28(22)33-31(37)34(20-24-10-7-15-32-19-24)16-17-38-26-12-6-13-27(18-26)39-21-25-11-5-9-23(2)29(25)30(35)36/h3-5,7-11,14-15,19,26-27H,6,12-13,16-18,20-21H2,1-2H3,(H,33,37)(H,35,36). The van der Waals surface area contributed by atoms with Gasteiger partial charge in [0.15, 0.2) is 0 Å². The number of benzene rings is 2. The molecule has 2 atom stereocenters. The Kier molecular flexibility index (Phi) is 10.1. The maximum atomic E-state index is 13.2. The third-order valence-corrected chi connectivity index (χ3v) is 7.11. The number of para-hydroxylation sites is 1. The van der Waals surface area contributed by atoms with E-state index >= 15 is 0 Å². The average Bonchev–Trinajstić information content (AvgIpc) is 2.93. The van der Waals surface area contributed by atoms with E-state index in [2.05, 4.69) is 10.3 Å². The van der Waals surface area contributed by atoms with Gasteiger partial charge in [-0.25, -0.2) is 9.59 Å². The van der Waals surface area contributed by atoms with E-state index in [1.54, 1.807) is 30.3 Å². The van der Waals surface area contributed by atoms with Gasteiger partial charge in [0, 0.05) is 31.2 Å². The first-order valence-corrected chi connectivity index (χ1v) is 13.5. The molecule has 1 saturated carbocycles. The van der Waals surface area contributed by atoms with Crippen LogP contribution in [0.15, 0.2) is 67.0 Å². The molecule has 0 radical (unpaired) electrons. The van der Waals surface area contributed by atoms with Crippen molar-refractivity contribution in [3.63, 3.8) is 0 Å². The van der Waals surface area contributed by atoms with Gasteiger partial charge in [-0.05, 0) is 73.9 Å². The van der Waals surface area contributed by atoms with Gasteiger partial charge in [-0.3, -0.25) is 4.98 Å². The summed E-state index contributed by atoms with van der Waals surface area (Å²) in [6.07, 6.45) is 7.08. The van der Waals surface area contributed by atoms with Gasteiger partial charge in [0.05, 0.1) is 31.0 Å². The molecule has 0 spiro atoms. The Bertz CT molecular complexity index is 1250. The number of urea groups is 1. The van der Waals surface area contributed by atoms with Crippen molar-refractivity contribution in [2.45, 2.75) is 64.9 Å². The normalized spacial score (nSPS) is 17.0. The number of carboxylic acids is 1. The van der Waals surface area contributed by atoms with Crippen LogP contribution < -0.4 is 5.32 Å². The van der Waals surface area contributed by atoms with E-state index < -0.39 is 5.97 Å². The molecule has 1 fully saturated rings. The molecule has 4 rings (SSSR count). The highest BCUT2D eigenvalue weighted by Crippen LogP contribution is 2.26. The number of ether oxygens (including phenoxy) is 2. The quantitative estimate of drug-likeness (QED) is 0.316. The molecular formula is C31H37N3O5. The second kappa shape index (κ2) is 13.9. The Hall–Kier alpha value is -3.75. The molecule has 0 aliphatic heterocycles. The fourth-order valence-corrected chi connectivity index (χ4v) is 4.97. The summed E-state index contributed by atoms with van der Waals surface area (Å²) < 4.78 is 12.4. The van der Waals surface area contributed by atoms with Crippen molar-refractivity contribution >= 4 is 17.7 Å². The van der Waals surface area contributed by atoms with Crippen molar-refractivity contribution in [2.75, 3.05) is 18.5 Å². The maximum Gasteiger partial charge on any atom is 0.336 e. The predicted octanol–water partition coefficient (Wildman–Crippen LogP) is 5.98. The smallest absolute Gasteiger partial charge is 0.336 e. The molecule has 2 N–H and O–H groups in total. The highest BCUT2D eigenvalue weighted by Gasteiger charge is 2.25. The number of carbonyl (C=O) groups is 2. The molecule has 8 nitrogen and oxygen atoms in total. The molecule has 0 saturated heterocycles. The minimum absolute atomic E-state index is 0.00163. The molecule has 2 unspecified atom stereocenters. The molecule has 206 valence electrons. The number of amides is 2. The van der Waals surface area contributed by atoms with Crippen molar-refractivity contribution in [1.82, 2.24) is 9.88 Å². The number of pyridine rings is 1. The van der Waals surface area contributed by atoms with Crippen molar-refractivity contribution in [2.24, 2.45) is 0 Å². The number of nitrogens with one attached hydrogen (secondary N) is 1. The summed E-state index contributed by atoms with van der Waals surface area (Å²) >= 11 is 0. The van der Waals surface area contributed by atoms with Crippen LogP contribution in [-0.4, -0.2) is 52.4 Å². The lowest BCUT2D eigenvalue weighted by atomic mass is 9.94. The first kappa shape index (κ1) is 28.3.